The van der Waals surface area contributed by atoms with Gasteiger partial charge in [0.1, 0.15) is 12.4 Å². The van der Waals surface area contributed by atoms with Crippen molar-refractivity contribution in [3.8, 4) is 5.75 Å². The lowest BCUT2D eigenvalue weighted by Crippen LogP contribution is -2.45. The molecule has 7 heteroatoms. The van der Waals surface area contributed by atoms with Crippen LogP contribution >= 0.6 is 0 Å². The molecule has 2 amide bonds. The lowest BCUT2D eigenvalue weighted by atomic mass is 9.85. The first-order chi connectivity index (χ1) is 14.3. The predicted octanol–water partition coefficient (Wildman–Crippen LogP) is 2.86. The van der Waals surface area contributed by atoms with E-state index in [0.717, 1.165) is 25.8 Å². The lowest BCUT2D eigenvalue weighted by molar-refractivity contribution is -0.122. The third-order valence-corrected chi connectivity index (χ3v) is 6.50. The topological polar surface area (TPSA) is 71.1 Å². The van der Waals surface area contributed by atoms with E-state index < -0.39 is 0 Å². The predicted molar refractivity (Wildman–Crippen MR) is 117 cm³/mol. The largest absolute Gasteiger partial charge is 0.491 e. The Morgan fingerprint density at radius 2 is 1.93 bits per heavy atom. The number of carbonyl (C=O) groups excluding carboxylic acids is 2. The second kappa shape index (κ2) is 9.79. The Bertz CT molecular complexity index is 765. The molecule has 166 valence electrons. The van der Waals surface area contributed by atoms with E-state index in [1.807, 2.05) is 6.07 Å². The first kappa shape index (κ1) is 22.6. The summed E-state index contributed by atoms with van der Waals surface area (Å²) in [4.78, 5) is 29.6. The minimum atomic E-state index is -0.138. The second-order valence-corrected chi connectivity index (χ2v) is 8.86. The Labute approximate surface area is 179 Å². The summed E-state index contributed by atoms with van der Waals surface area (Å²) in [5.41, 5.74) is 1.09. The molecule has 1 aromatic rings. The van der Waals surface area contributed by atoms with Gasteiger partial charge in [0.25, 0.3) is 5.91 Å². The summed E-state index contributed by atoms with van der Waals surface area (Å²) >= 11 is 0. The second-order valence-electron chi connectivity index (χ2n) is 8.86. The normalized spacial score (nSPS) is 26.6. The molecule has 3 rings (SSSR count). The van der Waals surface area contributed by atoms with Crippen molar-refractivity contribution in [3.63, 3.8) is 0 Å². The number of benzene rings is 1. The average Bonchev–Trinajstić information content (AvgIpc) is 2.67. The van der Waals surface area contributed by atoms with Crippen molar-refractivity contribution in [3.05, 3.63) is 23.8 Å². The van der Waals surface area contributed by atoms with Crippen molar-refractivity contribution in [1.29, 1.82) is 0 Å². The molecular formula is C23H35N3O4. The molecule has 0 aromatic heterocycles. The molecule has 0 unspecified atom stereocenters. The molecule has 1 aromatic carbocycles. The van der Waals surface area contributed by atoms with E-state index in [4.69, 9.17) is 9.47 Å². The molecule has 0 spiro atoms. The van der Waals surface area contributed by atoms with Gasteiger partial charge in [0.05, 0.1) is 11.7 Å². The fourth-order valence-electron chi connectivity index (χ4n) is 3.95. The molecule has 1 N–H and O–H groups in total. The lowest BCUT2D eigenvalue weighted by Gasteiger charge is -2.34. The molecule has 0 bridgehead atoms. The van der Waals surface area contributed by atoms with Crippen LogP contribution in [0.15, 0.2) is 18.2 Å². The molecule has 3 atom stereocenters. The van der Waals surface area contributed by atoms with Crippen molar-refractivity contribution < 1.29 is 19.1 Å². The number of fused-ring (bicyclic) bond motifs is 1. The first-order valence-corrected chi connectivity index (χ1v) is 10.9. The van der Waals surface area contributed by atoms with Gasteiger partial charge in [0, 0.05) is 44.9 Å². The SMILES string of the molecule is CO[C@H]1CN(C)C(=O)c2cc(NC(=O)C3CCC3)ccc2OC[C@@H](C)N(C)C[C@@H]1C. The quantitative estimate of drug-likeness (QED) is 0.819. The van der Waals surface area contributed by atoms with Gasteiger partial charge in [0.2, 0.25) is 5.91 Å². The third kappa shape index (κ3) is 5.13. The van der Waals surface area contributed by atoms with Gasteiger partial charge in [-0.2, -0.15) is 0 Å². The molecule has 7 nitrogen and oxygen atoms in total. The fourth-order valence-corrected chi connectivity index (χ4v) is 3.95. The van der Waals surface area contributed by atoms with Crippen LogP contribution in [0.1, 0.15) is 43.5 Å². The minimum Gasteiger partial charge on any atom is -0.491 e. The van der Waals surface area contributed by atoms with Crippen molar-refractivity contribution in [1.82, 2.24) is 9.80 Å². The number of rotatable bonds is 3. The first-order valence-electron chi connectivity index (χ1n) is 10.9. The average molecular weight is 418 g/mol. The molecular weight excluding hydrogens is 382 g/mol. The van der Waals surface area contributed by atoms with Gasteiger partial charge in [-0.3, -0.25) is 14.5 Å². The Morgan fingerprint density at radius 1 is 1.20 bits per heavy atom. The van der Waals surface area contributed by atoms with Crippen LogP contribution in [0.4, 0.5) is 5.69 Å². The number of nitrogens with one attached hydrogen (secondary N) is 1. The zero-order valence-corrected chi connectivity index (χ0v) is 18.8. The van der Waals surface area contributed by atoms with Crippen LogP contribution in [0, 0.1) is 11.8 Å². The maximum absolute atomic E-state index is 13.3. The Morgan fingerprint density at radius 3 is 2.57 bits per heavy atom. The van der Waals surface area contributed by atoms with Gasteiger partial charge >= 0.3 is 0 Å². The van der Waals surface area contributed by atoms with Crippen molar-refractivity contribution in [2.45, 2.75) is 45.3 Å². The van der Waals surface area contributed by atoms with E-state index in [-0.39, 0.29) is 35.8 Å². The molecule has 30 heavy (non-hydrogen) atoms. The van der Waals surface area contributed by atoms with E-state index in [1.54, 1.807) is 31.2 Å². The number of nitrogens with zero attached hydrogens (tertiary/aromatic N) is 2. The van der Waals surface area contributed by atoms with Gasteiger partial charge < -0.3 is 19.7 Å². The van der Waals surface area contributed by atoms with Crippen LogP contribution < -0.4 is 10.1 Å². The van der Waals surface area contributed by atoms with Crippen LogP contribution in [-0.2, 0) is 9.53 Å². The molecule has 1 aliphatic carbocycles. The number of hydrogen-bond donors (Lipinski definition) is 1. The number of carbonyl (C=O) groups is 2. The molecule has 1 aliphatic heterocycles. The summed E-state index contributed by atoms with van der Waals surface area (Å²) in [6.45, 7) is 6.06. The fraction of sp³-hybridized carbons (Fsp3) is 0.652. The summed E-state index contributed by atoms with van der Waals surface area (Å²) in [6, 6.07) is 5.51. The minimum absolute atomic E-state index is 0.0274. The van der Waals surface area contributed by atoms with Gasteiger partial charge in [0.15, 0.2) is 0 Å². The number of hydrogen-bond acceptors (Lipinski definition) is 5. The van der Waals surface area contributed by atoms with E-state index in [1.165, 1.54) is 0 Å². The van der Waals surface area contributed by atoms with E-state index >= 15 is 0 Å². The summed E-state index contributed by atoms with van der Waals surface area (Å²) in [6.07, 6.45) is 2.90. The van der Waals surface area contributed by atoms with Crippen LogP contribution in [0.5, 0.6) is 5.75 Å². The van der Waals surface area contributed by atoms with E-state index in [9.17, 15) is 9.59 Å². The van der Waals surface area contributed by atoms with E-state index in [2.05, 4.69) is 31.1 Å². The highest BCUT2D eigenvalue weighted by atomic mass is 16.5. The van der Waals surface area contributed by atoms with Gasteiger partial charge in [-0.15, -0.1) is 0 Å². The molecule has 1 saturated carbocycles. The highest BCUT2D eigenvalue weighted by molar-refractivity contribution is 5.99. The van der Waals surface area contributed by atoms with Crippen LogP contribution in [0.2, 0.25) is 0 Å². The number of likely N-dealkylation sites (N-methyl/N-ethyl adjacent to an activating group) is 2. The molecule has 0 radical (unpaired) electrons. The van der Waals surface area contributed by atoms with Crippen LogP contribution in [0.3, 0.4) is 0 Å². The van der Waals surface area contributed by atoms with Crippen LogP contribution in [-0.4, -0.2) is 74.7 Å². The molecule has 0 saturated heterocycles. The smallest absolute Gasteiger partial charge is 0.257 e. The Balaban J connectivity index is 1.88. The van der Waals surface area contributed by atoms with E-state index in [0.29, 0.717) is 30.2 Å². The number of anilines is 1. The molecule has 2 aliphatic rings. The molecule has 1 fully saturated rings. The highest BCUT2D eigenvalue weighted by Gasteiger charge is 2.28. The summed E-state index contributed by atoms with van der Waals surface area (Å²) in [5.74, 6) is 0.766. The number of methoxy groups -OCH3 is 1. The maximum atomic E-state index is 13.3. The summed E-state index contributed by atoms with van der Waals surface area (Å²) in [7, 11) is 5.56. The zero-order chi connectivity index (χ0) is 21.8. The highest BCUT2D eigenvalue weighted by Crippen LogP contribution is 2.30. The third-order valence-electron chi connectivity index (χ3n) is 6.50. The van der Waals surface area contributed by atoms with Gasteiger partial charge in [-0.05, 0) is 50.9 Å². The van der Waals surface area contributed by atoms with Crippen molar-refractivity contribution in [2.24, 2.45) is 11.8 Å². The maximum Gasteiger partial charge on any atom is 0.257 e. The van der Waals surface area contributed by atoms with Gasteiger partial charge in [-0.25, -0.2) is 0 Å². The van der Waals surface area contributed by atoms with Crippen molar-refractivity contribution in [2.75, 3.05) is 46.2 Å². The Hall–Kier alpha value is -2.12. The number of ether oxygens (including phenoxy) is 2. The standard InChI is InChI=1S/C23H35N3O4/c1-15-12-25(3)16(2)14-30-20-10-9-18(24-22(27)17-7-6-8-17)11-19(20)23(28)26(4)13-21(15)29-5/h9-11,15-17,21H,6-8,12-14H2,1-5H3,(H,24,27)/t15-,16+,21-/m0/s1. The zero-order valence-electron chi connectivity index (χ0n) is 18.8. The van der Waals surface area contributed by atoms with Crippen molar-refractivity contribution >= 4 is 17.5 Å². The molecule has 1 heterocycles. The van der Waals surface area contributed by atoms with Gasteiger partial charge in [-0.1, -0.05) is 13.3 Å². The monoisotopic (exact) mass is 417 g/mol. The summed E-state index contributed by atoms with van der Waals surface area (Å²) in [5, 5.41) is 2.96. The Kier molecular flexibility index (Phi) is 7.36. The summed E-state index contributed by atoms with van der Waals surface area (Å²) < 4.78 is 11.8. The number of amides is 2. The van der Waals surface area contributed by atoms with Crippen LogP contribution in [0.25, 0.3) is 0 Å².